The van der Waals surface area contributed by atoms with Crippen LogP contribution in [0.25, 0.3) is 111 Å². The van der Waals surface area contributed by atoms with Gasteiger partial charge in [0.25, 0.3) is 0 Å². The van der Waals surface area contributed by atoms with Gasteiger partial charge in [-0.1, -0.05) is 192 Å². The van der Waals surface area contributed by atoms with Crippen molar-refractivity contribution in [3.63, 3.8) is 0 Å². The number of fused-ring (bicyclic) bond motifs is 6. The molecule has 0 fully saturated rings. The summed E-state index contributed by atoms with van der Waals surface area (Å²) in [7, 11) is 22.2. The van der Waals surface area contributed by atoms with Crippen LogP contribution in [0, 0.1) is 0 Å². The van der Waals surface area contributed by atoms with Gasteiger partial charge in [-0.2, -0.15) is 0 Å². The highest BCUT2D eigenvalue weighted by Gasteiger charge is 2.23. The maximum Gasteiger partial charge on any atom is 0.115 e. The zero-order chi connectivity index (χ0) is 43.6. The van der Waals surface area contributed by atoms with Crippen LogP contribution >= 0.6 is 0 Å². The van der Waals surface area contributed by atoms with Crippen molar-refractivity contribution in [3.05, 3.63) is 224 Å². The molecule has 0 aliphatic rings. The van der Waals surface area contributed by atoms with Gasteiger partial charge >= 0.3 is 0 Å². The van der Waals surface area contributed by atoms with E-state index in [4.69, 9.17) is 23.5 Å². The summed E-state index contributed by atoms with van der Waals surface area (Å²) in [5.74, 6) is 0. The molecule has 0 saturated heterocycles. The molecule has 12 rings (SSSR count). The Morgan fingerprint density at radius 1 is 0.277 bits per heavy atom. The third-order valence-corrected chi connectivity index (χ3v) is 13.0. The van der Waals surface area contributed by atoms with Crippen molar-refractivity contribution < 1.29 is 0 Å². The van der Waals surface area contributed by atoms with E-state index >= 15 is 0 Å². The third-order valence-electron chi connectivity index (χ3n) is 13.0. The van der Waals surface area contributed by atoms with Crippen LogP contribution in [0.1, 0.15) is 0 Å². The second-order valence-electron chi connectivity index (χ2n) is 16.7. The van der Waals surface area contributed by atoms with E-state index in [1.54, 1.807) is 0 Å². The minimum atomic E-state index is 0.451. The van der Waals surface area contributed by atoms with E-state index in [0.29, 0.717) is 16.4 Å². The first-order chi connectivity index (χ1) is 32.0. The summed E-state index contributed by atoms with van der Waals surface area (Å²) in [4.78, 5) is 0. The number of benzene rings is 10. The highest BCUT2D eigenvalue weighted by molar-refractivity contribution is 6.60. The minimum Gasteiger partial charge on any atom is -0.310 e. The lowest BCUT2D eigenvalue weighted by Gasteiger charge is -2.19. The molecule has 12 aromatic rings. The molecule has 0 bridgehead atoms. The van der Waals surface area contributed by atoms with E-state index in [2.05, 4.69) is 228 Å². The van der Waals surface area contributed by atoms with E-state index in [9.17, 15) is 0 Å². The molecule has 0 N–H and O–H groups in total. The van der Waals surface area contributed by atoms with Crippen molar-refractivity contribution in [2.45, 2.75) is 0 Å². The molecule has 0 amide bonds. The molecule has 296 valence electrons. The first kappa shape index (κ1) is 38.7. The Kier molecular flexibility index (Phi) is 9.31. The Labute approximate surface area is 382 Å². The molecule has 0 saturated carbocycles. The van der Waals surface area contributed by atoms with Crippen LogP contribution in [0.2, 0.25) is 0 Å². The Morgan fingerprint density at radius 3 is 1.46 bits per heavy atom. The fraction of sp³-hybridized carbons (Fsp3) is 0. The van der Waals surface area contributed by atoms with E-state index in [1.807, 2.05) is 6.07 Å². The van der Waals surface area contributed by atoms with Gasteiger partial charge in [0.2, 0.25) is 0 Å². The SMILES string of the molecule is [B]c1c(-c2ccc3c(c2)c2ccccc2n3-c2cccc(-c3ccccc3)c2)c([B])c2c3ccc(-c4ccccc4-c4ccccc4)cc3n(-c3cccc(-c4ccccc4)c3)c2c1[B]. The standard InChI is InChI=1S/C60H37B3N2/c61-57-55(44-31-33-53-51(36-44)49-28-12-13-29-52(49)64(53)45-24-14-22-41(34-45)38-16-4-1-5-17-38)58(62)59(63)60-56(57)50-32-30-43(48-27-11-10-26-47(48)40-20-8-3-9-21-40)37-54(50)65(60)46-25-15-23-42(35-46)39-18-6-2-7-19-39/h1-37H. The monoisotopic (exact) mass is 818 g/mol. The number of nitrogens with zero attached hydrogens (tertiary/aromatic N) is 2. The quantitative estimate of drug-likeness (QED) is 0.142. The molecule has 10 aromatic carbocycles. The number of rotatable bonds is 7. The van der Waals surface area contributed by atoms with Gasteiger partial charge in [0.05, 0.1) is 16.6 Å². The van der Waals surface area contributed by atoms with E-state index in [-0.39, 0.29) is 0 Å². The molecule has 0 aliphatic carbocycles. The summed E-state index contributed by atoms with van der Waals surface area (Å²) < 4.78 is 4.59. The molecule has 2 nitrogen and oxygen atoms in total. The van der Waals surface area contributed by atoms with Crippen molar-refractivity contribution in [1.29, 1.82) is 0 Å². The second kappa shape index (κ2) is 15.7. The van der Waals surface area contributed by atoms with Crippen LogP contribution in [0.3, 0.4) is 0 Å². The van der Waals surface area contributed by atoms with Crippen LogP contribution in [0.15, 0.2) is 224 Å². The van der Waals surface area contributed by atoms with Crippen molar-refractivity contribution in [2.24, 2.45) is 0 Å². The first-order valence-corrected chi connectivity index (χ1v) is 22.0. The Balaban J connectivity index is 1.09. The van der Waals surface area contributed by atoms with Crippen LogP contribution in [0.4, 0.5) is 0 Å². The van der Waals surface area contributed by atoms with Gasteiger partial charge in [-0.15, -0.1) is 0 Å². The van der Waals surface area contributed by atoms with Crippen LogP contribution in [0.5, 0.6) is 0 Å². The van der Waals surface area contributed by atoms with Gasteiger partial charge in [0.1, 0.15) is 23.5 Å². The lowest BCUT2D eigenvalue weighted by Crippen LogP contribution is -2.35. The van der Waals surface area contributed by atoms with Gasteiger partial charge in [-0.25, -0.2) is 0 Å². The van der Waals surface area contributed by atoms with Gasteiger partial charge in [-0.3, -0.25) is 0 Å². The van der Waals surface area contributed by atoms with Crippen molar-refractivity contribution >= 4 is 83.5 Å². The Hall–Kier alpha value is -8.01. The highest BCUT2D eigenvalue weighted by atomic mass is 15.0. The number of hydrogen-bond acceptors (Lipinski definition) is 0. The highest BCUT2D eigenvalue weighted by Crippen LogP contribution is 2.40. The molecule has 2 heterocycles. The summed E-state index contributed by atoms with van der Waals surface area (Å²) in [6.45, 7) is 0. The number of hydrogen-bond donors (Lipinski definition) is 0. The van der Waals surface area contributed by atoms with E-state index in [0.717, 1.165) is 105 Å². The Bertz CT molecular complexity index is 3790. The smallest absolute Gasteiger partial charge is 0.115 e. The summed E-state index contributed by atoms with van der Waals surface area (Å²) in [6, 6.07) is 79.2. The van der Waals surface area contributed by atoms with Gasteiger partial charge in [-0.05, 0) is 104 Å². The molecular formula is C60H37B3N2. The van der Waals surface area contributed by atoms with Gasteiger partial charge < -0.3 is 9.13 Å². The van der Waals surface area contributed by atoms with Crippen LogP contribution in [-0.4, -0.2) is 32.7 Å². The van der Waals surface area contributed by atoms with Crippen molar-refractivity contribution in [1.82, 2.24) is 9.13 Å². The first-order valence-electron chi connectivity index (χ1n) is 22.0. The van der Waals surface area contributed by atoms with Gasteiger partial charge in [0.15, 0.2) is 0 Å². The van der Waals surface area contributed by atoms with E-state index in [1.165, 1.54) is 5.56 Å². The molecule has 2 aromatic heterocycles. The zero-order valence-electron chi connectivity index (χ0n) is 35.5. The van der Waals surface area contributed by atoms with Gasteiger partial charge in [0, 0.05) is 38.4 Å². The summed E-state index contributed by atoms with van der Waals surface area (Å²) >= 11 is 0. The average Bonchev–Trinajstić information content (AvgIpc) is 3.90. The summed E-state index contributed by atoms with van der Waals surface area (Å²) in [5.41, 5.74) is 18.3. The van der Waals surface area contributed by atoms with Crippen LogP contribution < -0.4 is 16.4 Å². The van der Waals surface area contributed by atoms with E-state index < -0.39 is 0 Å². The molecule has 0 unspecified atom stereocenters. The lowest BCUT2D eigenvalue weighted by atomic mass is 9.69. The molecule has 0 spiro atoms. The maximum atomic E-state index is 7.52. The zero-order valence-corrected chi connectivity index (χ0v) is 35.5. The van der Waals surface area contributed by atoms with Crippen LogP contribution in [-0.2, 0) is 0 Å². The molecule has 6 radical (unpaired) electrons. The fourth-order valence-electron chi connectivity index (χ4n) is 10.0. The third kappa shape index (κ3) is 6.38. The largest absolute Gasteiger partial charge is 0.310 e. The molecule has 0 atom stereocenters. The summed E-state index contributed by atoms with van der Waals surface area (Å²) in [6.07, 6.45) is 0. The Morgan fingerprint density at radius 2 is 0.800 bits per heavy atom. The maximum absolute atomic E-state index is 7.52. The predicted molar refractivity (Wildman–Crippen MR) is 278 cm³/mol. The normalized spacial score (nSPS) is 11.6. The lowest BCUT2D eigenvalue weighted by molar-refractivity contribution is 1.18. The predicted octanol–water partition coefficient (Wildman–Crippen LogP) is 12.6. The minimum absolute atomic E-state index is 0.451. The second-order valence-corrected chi connectivity index (χ2v) is 16.7. The number of aromatic nitrogens is 2. The molecule has 65 heavy (non-hydrogen) atoms. The molecular weight excluding hydrogens is 781 g/mol. The molecule has 0 aliphatic heterocycles. The number of para-hydroxylation sites is 1. The fourth-order valence-corrected chi connectivity index (χ4v) is 10.0. The topological polar surface area (TPSA) is 9.86 Å². The van der Waals surface area contributed by atoms with Crippen molar-refractivity contribution in [3.8, 4) is 67.0 Å². The summed E-state index contributed by atoms with van der Waals surface area (Å²) in [5, 5.41) is 4.10. The molecule has 5 heteroatoms. The average molecular weight is 818 g/mol. The van der Waals surface area contributed by atoms with Crippen molar-refractivity contribution in [2.75, 3.05) is 0 Å².